The van der Waals surface area contributed by atoms with Gasteiger partial charge >= 0.3 is 0 Å². The van der Waals surface area contributed by atoms with Crippen LogP contribution in [0.4, 0.5) is 0 Å². The van der Waals surface area contributed by atoms with Gasteiger partial charge in [0.2, 0.25) is 0 Å². The molecule has 0 fully saturated rings. The number of hydrogen-bond donors (Lipinski definition) is 1. The number of nitrogens with zero attached hydrogens (tertiary/aromatic N) is 1. The van der Waals surface area contributed by atoms with Crippen LogP contribution < -0.4 is 0 Å². The van der Waals surface area contributed by atoms with Crippen LogP contribution in [-0.4, -0.2) is 9.97 Å². The molecule has 0 saturated heterocycles. The van der Waals surface area contributed by atoms with Gasteiger partial charge < -0.3 is 4.98 Å². The maximum Gasteiger partial charge on any atom is 0.117 e. The zero-order valence-electron chi connectivity index (χ0n) is 10.8. The Morgan fingerprint density at radius 1 is 1.05 bits per heavy atom. The number of aromatic amines is 1. The van der Waals surface area contributed by atoms with Crippen LogP contribution in [0.1, 0.15) is 23.6 Å². The highest BCUT2D eigenvalue weighted by molar-refractivity contribution is 7.98. The van der Waals surface area contributed by atoms with Crippen molar-refractivity contribution in [1.82, 2.24) is 9.97 Å². The smallest absolute Gasteiger partial charge is 0.117 e. The Balaban J connectivity index is 1.69. The molecule has 3 rings (SSSR count). The van der Waals surface area contributed by atoms with Crippen LogP contribution in [0.25, 0.3) is 11.0 Å². The van der Waals surface area contributed by atoms with E-state index in [1.54, 1.807) is 0 Å². The number of fused-ring (bicyclic) bond motifs is 1. The second kappa shape index (κ2) is 5.49. The van der Waals surface area contributed by atoms with Crippen LogP contribution in [-0.2, 0) is 5.75 Å². The Morgan fingerprint density at radius 2 is 1.79 bits per heavy atom. The maximum absolute atomic E-state index is 4.60. The fraction of sp³-hybridized carbons (Fsp3) is 0.188. The molecule has 3 aromatic rings. The third kappa shape index (κ3) is 2.82. The molecule has 96 valence electrons. The minimum atomic E-state index is 0.481. The van der Waals surface area contributed by atoms with Crippen LogP contribution >= 0.6 is 11.8 Å². The molecule has 1 heterocycles. The lowest BCUT2D eigenvalue weighted by Crippen LogP contribution is -1.90. The molecular formula is C16H16N2S. The molecule has 0 saturated carbocycles. The van der Waals surface area contributed by atoms with Crippen LogP contribution in [0.2, 0.25) is 0 Å². The summed E-state index contributed by atoms with van der Waals surface area (Å²) in [4.78, 5) is 7.97. The van der Waals surface area contributed by atoms with Gasteiger partial charge in [-0.25, -0.2) is 4.98 Å². The topological polar surface area (TPSA) is 28.7 Å². The van der Waals surface area contributed by atoms with Crippen molar-refractivity contribution in [2.45, 2.75) is 17.9 Å². The normalized spacial score (nSPS) is 12.7. The number of rotatable bonds is 4. The minimum Gasteiger partial charge on any atom is -0.341 e. The largest absolute Gasteiger partial charge is 0.341 e. The second-order valence-electron chi connectivity index (χ2n) is 4.56. The number of thioether (sulfide) groups is 1. The van der Waals surface area contributed by atoms with Crippen LogP contribution in [0, 0.1) is 0 Å². The van der Waals surface area contributed by atoms with Gasteiger partial charge in [0.25, 0.3) is 0 Å². The first-order valence-corrected chi connectivity index (χ1v) is 7.48. The van der Waals surface area contributed by atoms with E-state index >= 15 is 0 Å². The van der Waals surface area contributed by atoms with Crippen molar-refractivity contribution in [3.05, 3.63) is 66.0 Å². The first-order chi connectivity index (χ1) is 9.33. The van der Waals surface area contributed by atoms with Crippen molar-refractivity contribution < 1.29 is 0 Å². The molecule has 0 aliphatic heterocycles. The van der Waals surface area contributed by atoms with Gasteiger partial charge in [-0.05, 0) is 24.6 Å². The van der Waals surface area contributed by atoms with Crippen LogP contribution in [0.3, 0.4) is 0 Å². The van der Waals surface area contributed by atoms with Crippen molar-refractivity contribution in [1.29, 1.82) is 0 Å². The Kier molecular flexibility index (Phi) is 3.56. The fourth-order valence-electron chi connectivity index (χ4n) is 2.10. The standard InChI is InChI=1S/C16H16N2S/c1-12(13-7-3-2-4-8-13)19-11-16-17-14-9-5-6-10-15(14)18-16/h2-10,12H,11H2,1H3,(H,17,18)/t12-/m0/s1. The average Bonchev–Trinajstić information content (AvgIpc) is 2.88. The summed E-state index contributed by atoms with van der Waals surface area (Å²) in [5, 5.41) is 0.481. The van der Waals surface area contributed by atoms with Crippen molar-refractivity contribution in [3.63, 3.8) is 0 Å². The van der Waals surface area contributed by atoms with Crippen molar-refractivity contribution >= 4 is 22.8 Å². The molecule has 0 aliphatic rings. The number of hydrogen-bond acceptors (Lipinski definition) is 2. The second-order valence-corrected chi connectivity index (χ2v) is 5.89. The number of nitrogens with one attached hydrogen (secondary N) is 1. The fourth-order valence-corrected chi connectivity index (χ4v) is 2.99. The lowest BCUT2D eigenvalue weighted by molar-refractivity contribution is 1.07. The van der Waals surface area contributed by atoms with Gasteiger partial charge in [-0.15, -0.1) is 11.8 Å². The molecule has 1 atom stereocenters. The Morgan fingerprint density at radius 3 is 2.58 bits per heavy atom. The number of imidazole rings is 1. The van der Waals surface area contributed by atoms with Gasteiger partial charge in [0.1, 0.15) is 5.82 Å². The molecule has 2 aromatic carbocycles. The predicted molar refractivity (Wildman–Crippen MR) is 82.2 cm³/mol. The average molecular weight is 268 g/mol. The molecule has 3 heteroatoms. The highest BCUT2D eigenvalue weighted by Gasteiger charge is 2.08. The summed E-state index contributed by atoms with van der Waals surface area (Å²) >= 11 is 1.90. The summed E-state index contributed by atoms with van der Waals surface area (Å²) < 4.78 is 0. The third-order valence-electron chi connectivity index (χ3n) is 3.18. The van der Waals surface area contributed by atoms with Crippen molar-refractivity contribution in [3.8, 4) is 0 Å². The maximum atomic E-state index is 4.60. The predicted octanol–water partition coefficient (Wildman–Crippen LogP) is 4.56. The van der Waals surface area contributed by atoms with E-state index in [2.05, 4.69) is 53.3 Å². The SMILES string of the molecule is C[C@H](SCc1nc2ccccc2[nH]1)c1ccccc1. The molecule has 1 N–H and O–H groups in total. The highest BCUT2D eigenvalue weighted by Crippen LogP contribution is 2.30. The Labute approximate surface area is 117 Å². The van der Waals surface area contributed by atoms with E-state index in [0.717, 1.165) is 22.6 Å². The van der Waals surface area contributed by atoms with Crippen molar-refractivity contribution in [2.75, 3.05) is 0 Å². The summed E-state index contributed by atoms with van der Waals surface area (Å²) in [6, 6.07) is 18.8. The van der Waals surface area contributed by atoms with E-state index in [9.17, 15) is 0 Å². The molecule has 1 aromatic heterocycles. The Hall–Kier alpha value is -1.74. The molecule has 2 nitrogen and oxygen atoms in total. The van der Waals surface area contributed by atoms with Gasteiger partial charge in [0.15, 0.2) is 0 Å². The Bertz CT molecular complexity index is 628. The highest BCUT2D eigenvalue weighted by atomic mass is 32.2. The molecule has 0 unspecified atom stereocenters. The lowest BCUT2D eigenvalue weighted by Gasteiger charge is -2.10. The van der Waals surface area contributed by atoms with E-state index in [4.69, 9.17) is 0 Å². The summed E-state index contributed by atoms with van der Waals surface area (Å²) in [5.41, 5.74) is 3.53. The van der Waals surface area contributed by atoms with Gasteiger partial charge in [0.05, 0.1) is 16.8 Å². The molecule has 0 amide bonds. The van der Waals surface area contributed by atoms with Crippen LogP contribution in [0.15, 0.2) is 54.6 Å². The van der Waals surface area contributed by atoms with E-state index in [-0.39, 0.29) is 0 Å². The molecule has 0 bridgehead atoms. The van der Waals surface area contributed by atoms with Crippen LogP contribution in [0.5, 0.6) is 0 Å². The summed E-state index contributed by atoms with van der Waals surface area (Å²) in [5.74, 6) is 1.96. The van der Waals surface area contributed by atoms with E-state index in [0.29, 0.717) is 5.25 Å². The molecule has 0 radical (unpaired) electrons. The van der Waals surface area contributed by atoms with Gasteiger partial charge in [0, 0.05) is 5.25 Å². The van der Waals surface area contributed by atoms with E-state index in [1.807, 2.05) is 30.0 Å². The zero-order chi connectivity index (χ0) is 13.1. The molecule has 0 aliphatic carbocycles. The first-order valence-electron chi connectivity index (χ1n) is 6.43. The number of benzene rings is 2. The number of aromatic nitrogens is 2. The first kappa shape index (κ1) is 12.3. The summed E-state index contributed by atoms with van der Waals surface area (Å²) in [6.07, 6.45) is 0. The molecule has 0 spiro atoms. The molecule has 19 heavy (non-hydrogen) atoms. The monoisotopic (exact) mass is 268 g/mol. The summed E-state index contributed by atoms with van der Waals surface area (Å²) in [6.45, 7) is 2.24. The van der Waals surface area contributed by atoms with Gasteiger partial charge in [-0.1, -0.05) is 42.5 Å². The summed E-state index contributed by atoms with van der Waals surface area (Å²) in [7, 11) is 0. The number of H-pyrrole nitrogens is 1. The van der Waals surface area contributed by atoms with E-state index in [1.165, 1.54) is 5.56 Å². The molecular weight excluding hydrogens is 252 g/mol. The number of para-hydroxylation sites is 2. The minimum absolute atomic E-state index is 0.481. The van der Waals surface area contributed by atoms with Gasteiger partial charge in [-0.2, -0.15) is 0 Å². The lowest BCUT2D eigenvalue weighted by atomic mass is 10.2. The van der Waals surface area contributed by atoms with Crippen molar-refractivity contribution in [2.24, 2.45) is 0 Å². The third-order valence-corrected chi connectivity index (χ3v) is 4.39. The van der Waals surface area contributed by atoms with E-state index < -0.39 is 0 Å². The van der Waals surface area contributed by atoms with Gasteiger partial charge in [-0.3, -0.25) is 0 Å². The quantitative estimate of drug-likeness (QED) is 0.751. The zero-order valence-corrected chi connectivity index (χ0v) is 11.7.